The zero-order chi connectivity index (χ0) is 23.2. The molecule has 1 N–H and O–H groups in total. The lowest BCUT2D eigenvalue weighted by atomic mass is 9.87. The molecule has 0 spiro atoms. The molecule has 10 heteroatoms. The van der Waals surface area contributed by atoms with Crippen LogP contribution in [0.3, 0.4) is 0 Å². The molecule has 6 nitrogen and oxygen atoms in total. The quantitative estimate of drug-likeness (QED) is 0.559. The van der Waals surface area contributed by atoms with Gasteiger partial charge in [-0.25, -0.2) is 13.8 Å². The number of hydrogen-bond acceptors (Lipinski definition) is 4. The molecule has 0 aliphatic carbocycles. The lowest BCUT2D eigenvalue weighted by Gasteiger charge is -2.33. The maximum Gasteiger partial charge on any atom is 0.261 e. The second-order valence-corrected chi connectivity index (χ2v) is 8.64. The predicted octanol–water partition coefficient (Wildman–Crippen LogP) is 4.47. The Labute approximate surface area is 192 Å². The van der Waals surface area contributed by atoms with Gasteiger partial charge >= 0.3 is 0 Å². The molecule has 0 radical (unpaired) electrons. The minimum atomic E-state index is -1.18. The number of nitrogens with zero attached hydrogens (tertiary/aromatic N) is 3. The number of nitrogens with one attached hydrogen (secondary N) is 1. The average Bonchev–Trinajstić information content (AvgIpc) is 3.18. The average molecular weight is 481 g/mol. The van der Waals surface area contributed by atoms with Crippen LogP contribution in [0.2, 0.25) is 10.0 Å². The van der Waals surface area contributed by atoms with E-state index in [0.29, 0.717) is 13.0 Å². The normalized spacial score (nSPS) is 18.4. The summed E-state index contributed by atoms with van der Waals surface area (Å²) >= 11 is 12.6. The van der Waals surface area contributed by atoms with Gasteiger partial charge in [0.05, 0.1) is 27.3 Å². The molecule has 2 heterocycles. The van der Waals surface area contributed by atoms with Crippen LogP contribution in [-0.2, 0) is 17.4 Å². The Bertz CT molecular complexity index is 1300. The molecule has 1 aliphatic heterocycles. The standard InChI is InChI=1S/C22H20Cl2F2N4O2/c1-3-17(31)30-7-6-22(10-30,18-15(25)5-4-14(23)19(18)24)28-12-8-13-20(16(26)9-12)27-11-29(2)21(13)32/h4-5,8-9,11,28H,3,6-7,10H2,1-2H3/t22-/m0/s1. The van der Waals surface area contributed by atoms with Gasteiger partial charge in [-0.1, -0.05) is 30.1 Å². The molecule has 2 aromatic carbocycles. The first-order valence-corrected chi connectivity index (χ1v) is 10.8. The number of carbonyl (C=O) groups excluding carboxylic acids is 1. The molecule has 32 heavy (non-hydrogen) atoms. The van der Waals surface area contributed by atoms with Crippen LogP contribution in [0.4, 0.5) is 14.5 Å². The molecular weight excluding hydrogens is 461 g/mol. The number of carbonyl (C=O) groups is 1. The maximum atomic E-state index is 15.1. The second-order valence-electron chi connectivity index (χ2n) is 7.86. The number of amides is 1. The molecule has 4 rings (SSSR count). The van der Waals surface area contributed by atoms with Crippen LogP contribution < -0.4 is 10.9 Å². The number of likely N-dealkylation sites (tertiary alicyclic amines) is 1. The van der Waals surface area contributed by atoms with Gasteiger partial charge in [0.2, 0.25) is 5.91 Å². The van der Waals surface area contributed by atoms with Crippen molar-refractivity contribution in [1.82, 2.24) is 14.5 Å². The number of fused-ring (bicyclic) bond motifs is 1. The highest BCUT2D eigenvalue weighted by molar-refractivity contribution is 6.42. The Kier molecular flexibility index (Phi) is 5.85. The molecule has 1 amide bonds. The molecule has 1 aliphatic rings. The summed E-state index contributed by atoms with van der Waals surface area (Å²) in [6.07, 6.45) is 1.84. The van der Waals surface area contributed by atoms with Crippen LogP contribution in [0.5, 0.6) is 0 Å². The summed E-state index contributed by atoms with van der Waals surface area (Å²) in [6.45, 7) is 2.19. The van der Waals surface area contributed by atoms with E-state index in [4.69, 9.17) is 23.2 Å². The fraction of sp³-hybridized carbons (Fsp3) is 0.318. The number of hydrogen-bond donors (Lipinski definition) is 1. The van der Waals surface area contributed by atoms with Crippen molar-refractivity contribution in [3.63, 3.8) is 0 Å². The van der Waals surface area contributed by atoms with E-state index in [9.17, 15) is 14.0 Å². The number of anilines is 1. The Balaban J connectivity index is 1.88. The van der Waals surface area contributed by atoms with Gasteiger partial charge in [-0.15, -0.1) is 0 Å². The third-order valence-electron chi connectivity index (χ3n) is 5.80. The van der Waals surface area contributed by atoms with Gasteiger partial charge in [0, 0.05) is 37.8 Å². The number of halogens is 4. The van der Waals surface area contributed by atoms with E-state index in [1.807, 2.05) is 0 Å². The van der Waals surface area contributed by atoms with Gasteiger partial charge in [-0.3, -0.25) is 9.59 Å². The second kappa shape index (κ2) is 8.33. The van der Waals surface area contributed by atoms with Crippen LogP contribution in [-0.4, -0.2) is 33.4 Å². The number of aromatic nitrogens is 2. The Morgan fingerprint density at radius 3 is 2.72 bits per heavy atom. The molecule has 1 saturated heterocycles. The Morgan fingerprint density at radius 2 is 2.00 bits per heavy atom. The zero-order valence-corrected chi connectivity index (χ0v) is 18.9. The lowest BCUT2D eigenvalue weighted by molar-refractivity contribution is -0.129. The first-order valence-electron chi connectivity index (χ1n) is 10.0. The smallest absolute Gasteiger partial charge is 0.261 e. The summed E-state index contributed by atoms with van der Waals surface area (Å²) in [7, 11) is 1.51. The summed E-state index contributed by atoms with van der Waals surface area (Å²) in [5.41, 5.74) is -1.33. The highest BCUT2D eigenvalue weighted by Gasteiger charge is 2.44. The van der Waals surface area contributed by atoms with Crippen molar-refractivity contribution in [2.45, 2.75) is 25.3 Å². The van der Waals surface area contributed by atoms with E-state index < -0.39 is 22.7 Å². The summed E-state index contributed by atoms with van der Waals surface area (Å²) in [6, 6.07) is 5.22. The van der Waals surface area contributed by atoms with E-state index >= 15 is 4.39 Å². The largest absolute Gasteiger partial charge is 0.373 e. The van der Waals surface area contributed by atoms with Crippen molar-refractivity contribution < 1.29 is 13.6 Å². The van der Waals surface area contributed by atoms with Crippen molar-refractivity contribution >= 4 is 45.7 Å². The third-order valence-corrected chi connectivity index (χ3v) is 6.61. The van der Waals surface area contributed by atoms with Crippen molar-refractivity contribution in [3.05, 3.63) is 68.2 Å². The van der Waals surface area contributed by atoms with Gasteiger partial charge in [0.15, 0.2) is 5.82 Å². The number of rotatable bonds is 4. The number of benzene rings is 2. The summed E-state index contributed by atoms with van der Waals surface area (Å²) in [4.78, 5) is 30.5. The summed E-state index contributed by atoms with van der Waals surface area (Å²) in [5.74, 6) is -1.40. The molecule has 1 atom stereocenters. The van der Waals surface area contributed by atoms with Crippen LogP contribution >= 0.6 is 23.2 Å². The minimum absolute atomic E-state index is 0.0174. The van der Waals surface area contributed by atoms with E-state index in [1.165, 1.54) is 42.2 Å². The van der Waals surface area contributed by atoms with Crippen LogP contribution in [0.1, 0.15) is 25.3 Å². The van der Waals surface area contributed by atoms with Crippen molar-refractivity contribution in [3.8, 4) is 0 Å². The number of aryl methyl sites for hydroxylation is 1. The third kappa shape index (κ3) is 3.71. The maximum absolute atomic E-state index is 15.1. The minimum Gasteiger partial charge on any atom is -0.373 e. The van der Waals surface area contributed by atoms with Crippen LogP contribution in [0.25, 0.3) is 10.9 Å². The SMILES string of the molecule is CCC(=O)N1CC[C@@](Nc2cc(F)c3ncn(C)c(=O)c3c2)(c2c(F)ccc(Cl)c2Cl)C1. The van der Waals surface area contributed by atoms with Crippen molar-refractivity contribution in [2.75, 3.05) is 18.4 Å². The van der Waals surface area contributed by atoms with Gasteiger partial charge < -0.3 is 14.8 Å². The Morgan fingerprint density at radius 1 is 1.25 bits per heavy atom. The molecule has 0 saturated carbocycles. The van der Waals surface area contributed by atoms with E-state index in [-0.39, 0.29) is 51.1 Å². The fourth-order valence-corrected chi connectivity index (χ4v) is 4.70. The highest BCUT2D eigenvalue weighted by atomic mass is 35.5. The summed E-state index contributed by atoms with van der Waals surface area (Å²) in [5, 5.41) is 3.43. The first-order chi connectivity index (χ1) is 15.2. The molecule has 3 aromatic rings. The van der Waals surface area contributed by atoms with Crippen molar-refractivity contribution in [1.29, 1.82) is 0 Å². The first kappa shape index (κ1) is 22.5. The van der Waals surface area contributed by atoms with Gasteiger partial charge in [0.25, 0.3) is 5.56 Å². The van der Waals surface area contributed by atoms with Crippen LogP contribution in [0.15, 0.2) is 35.4 Å². The van der Waals surface area contributed by atoms with Crippen molar-refractivity contribution in [2.24, 2.45) is 7.05 Å². The fourth-order valence-electron chi connectivity index (χ4n) is 4.21. The van der Waals surface area contributed by atoms with Gasteiger partial charge in [-0.2, -0.15) is 0 Å². The van der Waals surface area contributed by atoms with Gasteiger partial charge in [-0.05, 0) is 30.7 Å². The van der Waals surface area contributed by atoms with E-state index in [0.717, 1.165) is 0 Å². The lowest BCUT2D eigenvalue weighted by Crippen LogP contribution is -2.41. The van der Waals surface area contributed by atoms with Gasteiger partial charge in [0.1, 0.15) is 11.3 Å². The molecule has 0 bridgehead atoms. The van der Waals surface area contributed by atoms with E-state index in [1.54, 1.807) is 11.8 Å². The molecule has 1 aromatic heterocycles. The predicted molar refractivity (Wildman–Crippen MR) is 120 cm³/mol. The zero-order valence-electron chi connectivity index (χ0n) is 17.4. The highest BCUT2D eigenvalue weighted by Crippen LogP contribution is 2.43. The van der Waals surface area contributed by atoms with E-state index in [2.05, 4.69) is 10.3 Å². The molecule has 168 valence electrons. The van der Waals surface area contributed by atoms with Crippen LogP contribution in [0, 0.1) is 11.6 Å². The summed E-state index contributed by atoms with van der Waals surface area (Å²) < 4.78 is 31.1. The topological polar surface area (TPSA) is 67.2 Å². The monoisotopic (exact) mass is 480 g/mol. The molecule has 1 fully saturated rings. The molecule has 0 unspecified atom stereocenters. The molecular formula is C22H20Cl2F2N4O2. The Hall–Kier alpha value is -2.71.